The molecular formula is C13H14ClNO. The minimum Gasteiger partial charge on any atom is -0.395 e. The van der Waals surface area contributed by atoms with Crippen LogP contribution in [0.1, 0.15) is 24.1 Å². The van der Waals surface area contributed by atoms with E-state index in [2.05, 4.69) is 4.40 Å². The summed E-state index contributed by atoms with van der Waals surface area (Å²) in [6.07, 6.45) is 4.14. The van der Waals surface area contributed by atoms with Gasteiger partial charge in [0, 0.05) is 17.3 Å². The molecule has 0 bridgehead atoms. The lowest BCUT2D eigenvalue weighted by Crippen LogP contribution is -2.15. The fraction of sp³-hybridized carbons (Fsp3) is 0.385. The average Bonchev–Trinajstić information content (AvgIpc) is 3.05. The summed E-state index contributed by atoms with van der Waals surface area (Å²) < 4.78 is 2.13. The van der Waals surface area contributed by atoms with Gasteiger partial charge in [-0.05, 0) is 37.5 Å². The van der Waals surface area contributed by atoms with E-state index in [1.807, 2.05) is 31.3 Å². The van der Waals surface area contributed by atoms with Crippen molar-refractivity contribution in [3.05, 3.63) is 40.7 Å². The van der Waals surface area contributed by atoms with Gasteiger partial charge in [0.1, 0.15) is 0 Å². The molecule has 16 heavy (non-hydrogen) atoms. The van der Waals surface area contributed by atoms with Gasteiger partial charge in [-0.2, -0.15) is 0 Å². The molecule has 0 spiro atoms. The smallest absolute Gasteiger partial charge is 0.0693 e. The molecule has 3 heteroatoms. The molecule has 2 nitrogen and oxygen atoms in total. The van der Waals surface area contributed by atoms with E-state index < -0.39 is 0 Å². The summed E-state index contributed by atoms with van der Waals surface area (Å²) in [5.74, 6) is 0. The molecule has 84 valence electrons. The lowest BCUT2D eigenvalue weighted by atomic mass is 10.0. The van der Waals surface area contributed by atoms with Gasteiger partial charge in [-0.15, -0.1) is 0 Å². The maximum absolute atomic E-state index is 9.55. The molecule has 1 N–H and O–H groups in total. The molecule has 0 atom stereocenters. The molecule has 3 rings (SSSR count). The van der Waals surface area contributed by atoms with Crippen molar-refractivity contribution in [1.29, 1.82) is 0 Å². The maximum atomic E-state index is 9.55. The Hall–Kier alpha value is -0.990. The van der Waals surface area contributed by atoms with Crippen molar-refractivity contribution in [3.8, 4) is 0 Å². The number of hydrogen-bond donors (Lipinski definition) is 1. The molecule has 1 aliphatic rings. The van der Waals surface area contributed by atoms with Crippen LogP contribution < -0.4 is 0 Å². The van der Waals surface area contributed by atoms with E-state index >= 15 is 0 Å². The van der Waals surface area contributed by atoms with Crippen molar-refractivity contribution < 1.29 is 5.11 Å². The van der Waals surface area contributed by atoms with Gasteiger partial charge in [-0.1, -0.05) is 17.7 Å². The highest BCUT2D eigenvalue weighted by Gasteiger charge is 2.47. The summed E-state index contributed by atoms with van der Waals surface area (Å²) in [7, 11) is 0. The van der Waals surface area contributed by atoms with Gasteiger partial charge in [-0.3, -0.25) is 0 Å². The molecule has 1 saturated carbocycles. The Morgan fingerprint density at radius 3 is 2.81 bits per heavy atom. The number of halogens is 1. The van der Waals surface area contributed by atoms with Gasteiger partial charge < -0.3 is 9.51 Å². The van der Waals surface area contributed by atoms with E-state index in [-0.39, 0.29) is 12.0 Å². The fourth-order valence-electron chi connectivity index (χ4n) is 2.57. The van der Waals surface area contributed by atoms with Crippen molar-refractivity contribution in [2.75, 3.05) is 6.61 Å². The molecule has 1 fully saturated rings. The van der Waals surface area contributed by atoms with Crippen molar-refractivity contribution in [2.24, 2.45) is 0 Å². The minimum absolute atomic E-state index is 0.0402. The van der Waals surface area contributed by atoms with Crippen LogP contribution in [-0.2, 0) is 5.41 Å². The van der Waals surface area contributed by atoms with Gasteiger partial charge in [0.2, 0.25) is 0 Å². The van der Waals surface area contributed by atoms with Gasteiger partial charge in [0.05, 0.1) is 17.1 Å². The number of fused-ring (bicyclic) bond motifs is 1. The highest BCUT2D eigenvalue weighted by Crippen LogP contribution is 2.50. The minimum atomic E-state index is -0.0402. The van der Waals surface area contributed by atoms with Crippen LogP contribution in [0.25, 0.3) is 5.52 Å². The normalized spacial score (nSPS) is 17.9. The van der Waals surface area contributed by atoms with Gasteiger partial charge >= 0.3 is 0 Å². The zero-order valence-electron chi connectivity index (χ0n) is 9.20. The zero-order valence-corrected chi connectivity index (χ0v) is 9.96. The molecule has 0 unspecified atom stereocenters. The van der Waals surface area contributed by atoms with Crippen molar-refractivity contribution in [2.45, 2.75) is 25.2 Å². The number of aromatic nitrogens is 1. The Labute approximate surface area is 99.5 Å². The highest BCUT2D eigenvalue weighted by atomic mass is 35.5. The third-order valence-corrected chi connectivity index (χ3v) is 4.15. The van der Waals surface area contributed by atoms with Gasteiger partial charge in [-0.25, -0.2) is 0 Å². The van der Waals surface area contributed by atoms with Gasteiger partial charge in [0.25, 0.3) is 0 Å². The number of hydrogen-bond acceptors (Lipinski definition) is 1. The molecule has 0 radical (unpaired) electrons. The first-order valence-electron chi connectivity index (χ1n) is 5.56. The number of aliphatic hydroxyl groups excluding tert-OH is 1. The summed E-state index contributed by atoms with van der Waals surface area (Å²) in [5, 5.41) is 10.4. The second kappa shape index (κ2) is 3.25. The summed E-state index contributed by atoms with van der Waals surface area (Å²) in [4.78, 5) is 0. The largest absolute Gasteiger partial charge is 0.395 e. The Bertz CT molecular complexity index is 554. The first-order chi connectivity index (χ1) is 7.69. The predicted octanol–water partition coefficient (Wildman–Crippen LogP) is 2.93. The van der Waals surface area contributed by atoms with E-state index in [1.165, 1.54) is 5.69 Å². The van der Waals surface area contributed by atoms with Crippen molar-refractivity contribution in [3.63, 3.8) is 0 Å². The van der Waals surface area contributed by atoms with E-state index in [4.69, 9.17) is 11.6 Å². The van der Waals surface area contributed by atoms with Crippen molar-refractivity contribution >= 4 is 17.1 Å². The van der Waals surface area contributed by atoms with E-state index in [1.54, 1.807) is 0 Å². The average molecular weight is 236 g/mol. The third-order valence-electron chi connectivity index (χ3n) is 3.67. The second-order valence-electron chi connectivity index (χ2n) is 4.68. The zero-order chi connectivity index (χ0) is 11.3. The Balaban J connectivity index is 2.36. The maximum Gasteiger partial charge on any atom is 0.0693 e. The van der Waals surface area contributed by atoms with Crippen LogP contribution in [0, 0.1) is 6.92 Å². The van der Waals surface area contributed by atoms with Crippen LogP contribution >= 0.6 is 11.6 Å². The monoisotopic (exact) mass is 235 g/mol. The molecule has 0 aromatic carbocycles. The highest BCUT2D eigenvalue weighted by molar-refractivity contribution is 6.35. The summed E-state index contributed by atoms with van der Waals surface area (Å²) in [5.41, 5.74) is 3.30. The Kier molecular flexibility index (Phi) is 2.07. The summed E-state index contributed by atoms with van der Waals surface area (Å²) in [6, 6.07) is 6.01. The molecule has 0 aliphatic heterocycles. The lowest BCUT2D eigenvalue weighted by molar-refractivity contribution is 0.251. The third kappa shape index (κ3) is 1.17. The SMILES string of the molecule is Cc1c(Cl)c2ccccn2c1C1(CO)CC1. The molecule has 2 aromatic heterocycles. The summed E-state index contributed by atoms with van der Waals surface area (Å²) >= 11 is 6.34. The first-order valence-corrected chi connectivity index (χ1v) is 5.94. The van der Waals surface area contributed by atoms with E-state index in [9.17, 15) is 5.11 Å². The Morgan fingerprint density at radius 1 is 1.44 bits per heavy atom. The van der Waals surface area contributed by atoms with E-state index in [0.717, 1.165) is 28.9 Å². The summed E-state index contributed by atoms with van der Waals surface area (Å²) in [6.45, 7) is 2.26. The number of pyridine rings is 1. The second-order valence-corrected chi connectivity index (χ2v) is 5.06. The van der Waals surface area contributed by atoms with Crippen LogP contribution in [0.15, 0.2) is 24.4 Å². The molecule has 0 amide bonds. The molecule has 1 aliphatic carbocycles. The standard InChI is InChI=1S/C13H14ClNO/c1-9-11(14)10-4-2-3-7-15(10)12(9)13(8-16)5-6-13/h2-4,7,16H,5-6,8H2,1H3. The molecule has 2 aromatic rings. The predicted molar refractivity (Wildman–Crippen MR) is 65.1 cm³/mol. The molecular weight excluding hydrogens is 222 g/mol. The number of nitrogens with zero attached hydrogens (tertiary/aromatic N) is 1. The topological polar surface area (TPSA) is 24.6 Å². The quantitative estimate of drug-likeness (QED) is 0.851. The van der Waals surface area contributed by atoms with E-state index in [0.29, 0.717) is 0 Å². The Morgan fingerprint density at radius 2 is 2.19 bits per heavy atom. The van der Waals surface area contributed by atoms with Crippen LogP contribution in [0.5, 0.6) is 0 Å². The van der Waals surface area contributed by atoms with Crippen LogP contribution in [0.4, 0.5) is 0 Å². The molecule has 2 heterocycles. The van der Waals surface area contributed by atoms with Crippen LogP contribution in [-0.4, -0.2) is 16.1 Å². The molecule has 0 saturated heterocycles. The lowest BCUT2D eigenvalue weighted by Gasteiger charge is -2.13. The first kappa shape index (κ1) is 10.2. The van der Waals surface area contributed by atoms with Gasteiger partial charge in [0.15, 0.2) is 0 Å². The van der Waals surface area contributed by atoms with Crippen molar-refractivity contribution in [1.82, 2.24) is 4.40 Å². The van der Waals surface area contributed by atoms with Crippen LogP contribution in [0.3, 0.4) is 0 Å². The fourth-order valence-corrected chi connectivity index (χ4v) is 2.81. The number of aliphatic hydroxyl groups is 1. The van der Waals surface area contributed by atoms with Crippen LogP contribution in [0.2, 0.25) is 5.02 Å². The number of rotatable bonds is 2.